The van der Waals surface area contributed by atoms with Crippen molar-refractivity contribution in [3.63, 3.8) is 0 Å². The molecule has 0 saturated carbocycles. The van der Waals surface area contributed by atoms with Gasteiger partial charge in [-0.15, -0.1) is 0 Å². The molecule has 0 spiro atoms. The van der Waals surface area contributed by atoms with Crippen LogP contribution in [0.3, 0.4) is 0 Å². The summed E-state index contributed by atoms with van der Waals surface area (Å²) >= 11 is 3.28. The van der Waals surface area contributed by atoms with Crippen LogP contribution in [-0.4, -0.2) is 30.0 Å². The van der Waals surface area contributed by atoms with Gasteiger partial charge in [0.05, 0.1) is 17.7 Å². The number of phenols is 1. The zero-order chi connectivity index (χ0) is 12.4. The van der Waals surface area contributed by atoms with E-state index in [1.54, 1.807) is 6.07 Å². The van der Waals surface area contributed by atoms with Gasteiger partial charge in [-0.05, 0) is 15.9 Å². The highest BCUT2D eigenvalue weighted by molar-refractivity contribution is 9.10. The lowest BCUT2D eigenvalue weighted by Gasteiger charge is -2.18. The number of hydrogen-bond donors (Lipinski definition) is 2. The molecule has 17 heavy (non-hydrogen) atoms. The van der Waals surface area contributed by atoms with Gasteiger partial charge in [0.25, 0.3) is 0 Å². The number of aliphatic hydroxyl groups is 1. The first-order valence-corrected chi connectivity index (χ1v) is 6.36. The molecule has 2 N–H and O–H groups in total. The van der Waals surface area contributed by atoms with Crippen molar-refractivity contribution in [2.24, 2.45) is 0 Å². The maximum absolute atomic E-state index is 10.1. The van der Waals surface area contributed by atoms with E-state index in [9.17, 15) is 10.2 Å². The first kappa shape index (κ1) is 12.5. The molecule has 94 valence electrons. The van der Waals surface area contributed by atoms with Crippen molar-refractivity contribution < 1.29 is 19.7 Å². The van der Waals surface area contributed by atoms with E-state index in [-0.39, 0.29) is 18.3 Å². The Morgan fingerprint density at radius 1 is 1.41 bits per heavy atom. The molecular weight excluding hydrogens is 288 g/mol. The van der Waals surface area contributed by atoms with E-state index in [0.29, 0.717) is 34.7 Å². The third-order valence-electron chi connectivity index (χ3n) is 2.77. The lowest BCUT2D eigenvalue weighted by Crippen LogP contribution is -2.05. The van der Waals surface area contributed by atoms with Crippen LogP contribution in [0, 0.1) is 0 Å². The molecule has 0 saturated heterocycles. The lowest BCUT2D eigenvalue weighted by atomic mass is 9.99. The molecule has 1 aromatic carbocycles. The van der Waals surface area contributed by atoms with Gasteiger partial charge in [-0.25, -0.2) is 0 Å². The summed E-state index contributed by atoms with van der Waals surface area (Å²) < 4.78 is 11.7. The number of hydrogen-bond acceptors (Lipinski definition) is 4. The predicted molar refractivity (Wildman–Crippen MR) is 66.9 cm³/mol. The lowest BCUT2D eigenvalue weighted by molar-refractivity contribution is 0.261. The zero-order valence-corrected chi connectivity index (χ0v) is 11.2. The highest BCUT2D eigenvalue weighted by Crippen LogP contribution is 2.46. The van der Waals surface area contributed by atoms with Gasteiger partial charge in [0, 0.05) is 30.6 Å². The number of fused-ring (bicyclic) bond motifs is 1. The Morgan fingerprint density at radius 3 is 2.82 bits per heavy atom. The first-order valence-electron chi connectivity index (χ1n) is 5.57. The molecule has 0 bridgehead atoms. The number of aromatic hydroxyl groups is 1. The second-order valence-electron chi connectivity index (χ2n) is 4.08. The highest BCUT2D eigenvalue weighted by atomic mass is 79.9. The third-order valence-corrected chi connectivity index (χ3v) is 3.37. The molecule has 4 nitrogen and oxygen atoms in total. The van der Waals surface area contributed by atoms with E-state index < -0.39 is 0 Å². The molecule has 1 aliphatic heterocycles. The van der Waals surface area contributed by atoms with Crippen LogP contribution in [0.25, 0.3) is 0 Å². The summed E-state index contributed by atoms with van der Waals surface area (Å²) in [6, 6.07) is 1.70. The van der Waals surface area contributed by atoms with Crippen LogP contribution in [0.15, 0.2) is 10.5 Å². The Kier molecular flexibility index (Phi) is 3.79. The van der Waals surface area contributed by atoms with E-state index in [2.05, 4.69) is 15.9 Å². The van der Waals surface area contributed by atoms with Crippen molar-refractivity contribution >= 4 is 15.9 Å². The normalized spacial score (nSPS) is 16.4. The van der Waals surface area contributed by atoms with Crippen molar-refractivity contribution in [3.05, 3.63) is 16.1 Å². The molecular formula is C12H15BrO4. The summed E-state index contributed by atoms with van der Waals surface area (Å²) in [4.78, 5) is 0. The Labute approximate surface area is 108 Å². The molecule has 1 aliphatic rings. The van der Waals surface area contributed by atoms with Crippen molar-refractivity contribution in [2.75, 3.05) is 19.8 Å². The van der Waals surface area contributed by atoms with Gasteiger partial charge >= 0.3 is 0 Å². The number of phenolic OH excluding ortho intramolecular Hbond substituents is 1. The Balaban J connectivity index is 2.57. The second-order valence-corrected chi connectivity index (χ2v) is 4.94. The van der Waals surface area contributed by atoms with Crippen LogP contribution < -0.4 is 9.47 Å². The fraction of sp³-hybridized carbons (Fsp3) is 0.500. The van der Waals surface area contributed by atoms with Crippen LogP contribution in [0.1, 0.15) is 24.8 Å². The SMILES string of the molecule is CC(CO)c1c(O)c(Br)cc2c1OCCCO2. The monoisotopic (exact) mass is 302 g/mol. The Morgan fingerprint density at radius 2 is 2.12 bits per heavy atom. The third kappa shape index (κ3) is 2.35. The molecule has 0 aliphatic carbocycles. The summed E-state index contributed by atoms with van der Waals surface area (Å²) in [5, 5.41) is 19.3. The highest BCUT2D eigenvalue weighted by Gasteiger charge is 2.24. The van der Waals surface area contributed by atoms with Crippen molar-refractivity contribution in [2.45, 2.75) is 19.3 Å². The first-order chi connectivity index (χ1) is 8.15. The number of benzene rings is 1. The maximum Gasteiger partial charge on any atom is 0.168 e. The maximum atomic E-state index is 10.1. The summed E-state index contributed by atoms with van der Waals surface area (Å²) in [6.07, 6.45) is 0.806. The summed E-state index contributed by atoms with van der Waals surface area (Å²) in [6.45, 7) is 2.92. The number of halogens is 1. The minimum Gasteiger partial charge on any atom is -0.506 e. The molecule has 1 heterocycles. The van der Waals surface area contributed by atoms with Crippen molar-refractivity contribution in [3.8, 4) is 17.2 Å². The van der Waals surface area contributed by atoms with Gasteiger partial charge in [0.2, 0.25) is 0 Å². The minimum absolute atomic E-state index is 0.0557. The van der Waals surface area contributed by atoms with Crippen LogP contribution in [0.4, 0.5) is 0 Å². The van der Waals surface area contributed by atoms with Gasteiger partial charge in [-0.2, -0.15) is 0 Å². The molecule has 5 heteroatoms. The van der Waals surface area contributed by atoms with Gasteiger partial charge in [-0.3, -0.25) is 0 Å². The van der Waals surface area contributed by atoms with Crippen LogP contribution in [-0.2, 0) is 0 Å². The Bertz CT molecular complexity index is 419. The van der Waals surface area contributed by atoms with Crippen LogP contribution in [0.2, 0.25) is 0 Å². The van der Waals surface area contributed by atoms with Gasteiger partial charge in [0.15, 0.2) is 11.5 Å². The molecule has 1 atom stereocenters. The molecule has 0 fully saturated rings. The average Bonchev–Trinajstić information content (AvgIpc) is 2.55. The second kappa shape index (κ2) is 5.14. The Hall–Kier alpha value is -0.940. The fourth-order valence-corrected chi connectivity index (χ4v) is 2.26. The number of ether oxygens (including phenoxy) is 2. The summed E-state index contributed by atoms with van der Waals surface area (Å²) in [5.41, 5.74) is 0.596. The number of aliphatic hydroxyl groups excluding tert-OH is 1. The average molecular weight is 303 g/mol. The molecule has 2 rings (SSSR count). The van der Waals surface area contributed by atoms with Crippen LogP contribution in [0.5, 0.6) is 17.2 Å². The largest absolute Gasteiger partial charge is 0.506 e. The van der Waals surface area contributed by atoms with E-state index in [0.717, 1.165) is 6.42 Å². The fourth-order valence-electron chi connectivity index (χ4n) is 1.84. The molecule has 0 amide bonds. The zero-order valence-electron chi connectivity index (χ0n) is 9.57. The van der Waals surface area contributed by atoms with E-state index in [1.807, 2.05) is 6.92 Å². The van der Waals surface area contributed by atoms with Gasteiger partial charge in [0.1, 0.15) is 5.75 Å². The van der Waals surface area contributed by atoms with Gasteiger partial charge < -0.3 is 19.7 Å². The summed E-state index contributed by atoms with van der Waals surface area (Å²) in [7, 11) is 0. The smallest absolute Gasteiger partial charge is 0.168 e. The minimum atomic E-state index is -0.206. The quantitative estimate of drug-likeness (QED) is 0.881. The predicted octanol–water partition coefficient (Wildman–Crippen LogP) is 2.41. The van der Waals surface area contributed by atoms with E-state index >= 15 is 0 Å². The summed E-state index contributed by atoms with van der Waals surface area (Å²) in [5.74, 6) is 1.06. The van der Waals surface area contributed by atoms with Crippen molar-refractivity contribution in [1.82, 2.24) is 0 Å². The van der Waals surface area contributed by atoms with Crippen molar-refractivity contribution in [1.29, 1.82) is 0 Å². The topological polar surface area (TPSA) is 58.9 Å². The molecule has 1 unspecified atom stereocenters. The number of rotatable bonds is 2. The van der Waals surface area contributed by atoms with E-state index in [1.165, 1.54) is 0 Å². The van der Waals surface area contributed by atoms with E-state index in [4.69, 9.17) is 9.47 Å². The molecule has 0 aromatic heterocycles. The standard InChI is InChI=1S/C12H15BrO4/c1-7(6-14)10-11(15)8(13)5-9-12(10)17-4-2-3-16-9/h5,7,14-15H,2-4,6H2,1H3. The molecule has 0 radical (unpaired) electrons. The molecule has 1 aromatic rings. The van der Waals surface area contributed by atoms with Crippen LogP contribution >= 0.6 is 15.9 Å². The van der Waals surface area contributed by atoms with Gasteiger partial charge in [-0.1, -0.05) is 6.92 Å².